The third-order valence-corrected chi connectivity index (χ3v) is 2.28. The van der Waals surface area contributed by atoms with E-state index in [0.29, 0.717) is 13.0 Å². The van der Waals surface area contributed by atoms with Crippen molar-refractivity contribution in [3.63, 3.8) is 0 Å². The van der Waals surface area contributed by atoms with Crippen molar-refractivity contribution in [3.8, 4) is 0 Å². The van der Waals surface area contributed by atoms with Crippen LogP contribution in [0.2, 0.25) is 0 Å². The first kappa shape index (κ1) is 11.6. The number of aromatic nitrogens is 2. The SMILES string of the molecule is CC(=O)NCCc1nnc(S(C)(=O)=O)o1. The summed E-state index contributed by atoms with van der Waals surface area (Å²) in [5, 5.41) is 9.02. The van der Waals surface area contributed by atoms with Gasteiger partial charge in [0.2, 0.25) is 21.6 Å². The van der Waals surface area contributed by atoms with Crippen molar-refractivity contribution in [3.05, 3.63) is 5.89 Å². The predicted octanol–water partition coefficient (Wildman–Crippen LogP) is -0.848. The van der Waals surface area contributed by atoms with E-state index >= 15 is 0 Å². The van der Waals surface area contributed by atoms with E-state index in [1.54, 1.807) is 0 Å². The molecule has 84 valence electrons. The zero-order chi connectivity index (χ0) is 11.5. The molecule has 0 spiro atoms. The highest BCUT2D eigenvalue weighted by atomic mass is 32.2. The first-order valence-electron chi connectivity index (χ1n) is 4.16. The maximum absolute atomic E-state index is 11.0. The molecule has 0 aliphatic heterocycles. The molecule has 1 heterocycles. The molecule has 7 nitrogen and oxygen atoms in total. The van der Waals surface area contributed by atoms with Gasteiger partial charge in [0.05, 0.1) is 0 Å². The lowest BCUT2D eigenvalue weighted by atomic mass is 10.4. The van der Waals surface area contributed by atoms with Crippen molar-refractivity contribution < 1.29 is 17.6 Å². The monoisotopic (exact) mass is 233 g/mol. The molecule has 0 bridgehead atoms. The molecule has 1 N–H and O–H groups in total. The summed E-state index contributed by atoms with van der Waals surface area (Å²) >= 11 is 0. The summed E-state index contributed by atoms with van der Waals surface area (Å²) in [6.45, 7) is 1.72. The Hall–Kier alpha value is -1.44. The van der Waals surface area contributed by atoms with Crippen molar-refractivity contribution in [1.82, 2.24) is 15.5 Å². The summed E-state index contributed by atoms with van der Waals surface area (Å²) in [4.78, 5) is 10.5. The van der Waals surface area contributed by atoms with Crippen LogP contribution in [0, 0.1) is 0 Å². The summed E-state index contributed by atoms with van der Waals surface area (Å²) in [5.74, 6) is 0.0158. The average molecular weight is 233 g/mol. The Kier molecular flexibility index (Phi) is 3.40. The van der Waals surface area contributed by atoms with Gasteiger partial charge in [0.25, 0.3) is 0 Å². The third kappa shape index (κ3) is 3.66. The molecule has 1 amide bonds. The Bertz CT molecular complexity index is 451. The van der Waals surface area contributed by atoms with Gasteiger partial charge in [-0.05, 0) is 0 Å². The van der Waals surface area contributed by atoms with E-state index in [9.17, 15) is 13.2 Å². The van der Waals surface area contributed by atoms with Crippen molar-refractivity contribution in [2.75, 3.05) is 12.8 Å². The summed E-state index contributed by atoms with van der Waals surface area (Å²) in [6.07, 6.45) is 1.29. The maximum atomic E-state index is 11.0. The molecule has 1 rings (SSSR count). The van der Waals surface area contributed by atoms with Gasteiger partial charge in [-0.15, -0.1) is 5.10 Å². The van der Waals surface area contributed by atoms with Gasteiger partial charge in [0.15, 0.2) is 0 Å². The van der Waals surface area contributed by atoms with Crippen LogP contribution >= 0.6 is 0 Å². The van der Waals surface area contributed by atoms with Crippen molar-refractivity contribution in [2.24, 2.45) is 0 Å². The van der Waals surface area contributed by atoms with Crippen molar-refractivity contribution in [1.29, 1.82) is 0 Å². The van der Waals surface area contributed by atoms with Crippen molar-refractivity contribution in [2.45, 2.75) is 18.6 Å². The third-order valence-electron chi connectivity index (χ3n) is 1.48. The summed E-state index contributed by atoms with van der Waals surface area (Å²) in [7, 11) is -3.45. The number of nitrogens with one attached hydrogen (secondary N) is 1. The largest absolute Gasteiger partial charge is 0.412 e. The molecular formula is C7H11N3O4S. The molecule has 0 saturated carbocycles. The molecule has 1 aromatic heterocycles. The molecule has 0 saturated heterocycles. The number of rotatable bonds is 4. The molecular weight excluding hydrogens is 222 g/mol. The highest BCUT2D eigenvalue weighted by Gasteiger charge is 2.15. The van der Waals surface area contributed by atoms with Crippen LogP contribution in [0.1, 0.15) is 12.8 Å². The molecule has 0 fully saturated rings. The van der Waals surface area contributed by atoms with E-state index in [0.717, 1.165) is 6.26 Å². The Labute approximate surface area is 86.8 Å². The summed E-state index contributed by atoms with van der Waals surface area (Å²) < 4.78 is 26.8. The first-order chi connectivity index (χ1) is 6.89. The molecule has 0 atom stereocenters. The van der Waals surface area contributed by atoms with Crippen LogP contribution < -0.4 is 5.32 Å². The molecule has 8 heteroatoms. The van der Waals surface area contributed by atoms with E-state index in [1.165, 1.54) is 6.92 Å². The Morgan fingerprint density at radius 3 is 2.60 bits per heavy atom. The zero-order valence-corrected chi connectivity index (χ0v) is 9.17. The van der Waals surface area contributed by atoms with Gasteiger partial charge < -0.3 is 9.73 Å². The van der Waals surface area contributed by atoms with E-state index in [2.05, 4.69) is 15.5 Å². The van der Waals surface area contributed by atoms with E-state index < -0.39 is 15.1 Å². The van der Waals surface area contributed by atoms with Gasteiger partial charge in [0.1, 0.15) is 0 Å². The van der Waals surface area contributed by atoms with Crippen LogP contribution in [0.3, 0.4) is 0 Å². The fourth-order valence-corrected chi connectivity index (χ4v) is 1.27. The van der Waals surface area contributed by atoms with Gasteiger partial charge in [-0.1, -0.05) is 5.10 Å². The molecule has 1 aromatic rings. The molecule has 0 aromatic carbocycles. The minimum atomic E-state index is -3.45. The maximum Gasteiger partial charge on any atom is 0.335 e. The first-order valence-corrected chi connectivity index (χ1v) is 6.05. The number of sulfone groups is 1. The van der Waals surface area contributed by atoms with Crippen LogP contribution in [0.15, 0.2) is 9.64 Å². The topological polar surface area (TPSA) is 102 Å². The van der Waals surface area contributed by atoms with Gasteiger partial charge in [-0.3, -0.25) is 4.79 Å². The number of carbonyl (C=O) groups excluding carboxylic acids is 1. The Morgan fingerprint density at radius 1 is 1.47 bits per heavy atom. The minimum Gasteiger partial charge on any atom is -0.412 e. The molecule has 0 unspecified atom stereocenters. The van der Waals surface area contributed by atoms with Crippen LogP contribution in [0.4, 0.5) is 0 Å². The van der Waals surface area contributed by atoms with Crippen LogP contribution in [0.5, 0.6) is 0 Å². The normalized spacial score (nSPS) is 11.3. The minimum absolute atomic E-state index is 0.169. The predicted molar refractivity (Wildman–Crippen MR) is 49.8 cm³/mol. The highest BCUT2D eigenvalue weighted by molar-refractivity contribution is 7.90. The highest BCUT2D eigenvalue weighted by Crippen LogP contribution is 2.06. The fraction of sp³-hybridized carbons (Fsp3) is 0.571. The number of hydrogen-bond acceptors (Lipinski definition) is 6. The van der Waals surface area contributed by atoms with Crippen LogP contribution in [-0.2, 0) is 21.1 Å². The van der Waals surface area contributed by atoms with Crippen LogP contribution in [-0.4, -0.2) is 37.3 Å². The van der Waals surface area contributed by atoms with E-state index in [1.807, 2.05) is 0 Å². The second kappa shape index (κ2) is 4.39. The van der Waals surface area contributed by atoms with Gasteiger partial charge >= 0.3 is 5.22 Å². The number of hydrogen-bond donors (Lipinski definition) is 1. The second-order valence-electron chi connectivity index (χ2n) is 2.97. The van der Waals surface area contributed by atoms with Crippen molar-refractivity contribution >= 4 is 15.7 Å². The molecule has 0 aliphatic carbocycles. The smallest absolute Gasteiger partial charge is 0.335 e. The van der Waals surface area contributed by atoms with Gasteiger partial charge in [0, 0.05) is 26.1 Å². The molecule has 15 heavy (non-hydrogen) atoms. The zero-order valence-electron chi connectivity index (χ0n) is 8.35. The quantitative estimate of drug-likeness (QED) is 0.726. The lowest BCUT2D eigenvalue weighted by Crippen LogP contribution is -2.22. The Balaban J connectivity index is 2.58. The lowest BCUT2D eigenvalue weighted by molar-refractivity contribution is -0.118. The number of carbonyl (C=O) groups is 1. The molecule has 0 radical (unpaired) electrons. The van der Waals surface area contributed by atoms with Crippen LogP contribution in [0.25, 0.3) is 0 Å². The standard InChI is InChI=1S/C7H11N3O4S/c1-5(11)8-4-3-6-9-10-7(14-6)15(2,12)13/h3-4H2,1-2H3,(H,8,11). The molecule has 0 aliphatic rings. The second-order valence-corrected chi connectivity index (χ2v) is 4.86. The van der Waals surface area contributed by atoms with E-state index in [-0.39, 0.29) is 11.8 Å². The Morgan fingerprint density at radius 2 is 2.13 bits per heavy atom. The number of amides is 1. The lowest BCUT2D eigenvalue weighted by Gasteiger charge is -1.96. The number of nitrogens with zero attached hydrogens (tertiary/aromatic N) is 2. The average Bonchev–Trinajstić information content (AvgIpc) is 2.51. The fourth-order valence-electron chi connectivity index (χ4n) is 0.835. The van der Waals surface area contributed by atoms with E-state index in [4.69, 9.17) is 4.42 Å². The summed E-state index contributed by atoms with van der Waals surface area (Å²) in [6, 6.07) is 0. The van der Waals surface area contributed by atoms with Gasteiger partial charge in [-0.2, -0.15) is 0 Å². The van der Waals surface area contributed by atoms with Gasteiger partial charge in [-0.25, -0.2) is 8.42 Å². The summed E-state index contributed by atoms with van der Waals surface area (Å²) in [5.41, 5.74) is 0.